The Kier molecular flexibility index (Phi) is 5.99. The minimum atomic E-state index is -0.537. The Balaban J connectivity index is 1.51. The van der Waals surface area contributed by atoms with Crippen molar-refractivity contribution in [2.75, 3.05) is 26.2 Å². The normalized spacial score (nSPS) is 22.6. The van der Waals surface area contributed by atoms with E-state index in [4.69, 9.17) is 0 Å². The topological polar surface area (TPSA) is 6.48 Å². The van der Waals surface area contributed by atoms with Crippen molar-refractivity contribution in [3.63, 3.8) is 0 Å². The molecule has 2 nitrogen and oxygen atoms in total. The maximum Gasteiger partial charge on any atom is 0.141 e. The van der Waals surface area contributed by atoms with Crippen LogP contribution in [0.2, 0.25) is 0 Å². The first-order valence-electron chi connectivity index (χ1n) is 8.34. The zero-order chi connectivity index (χ0) is 16.4. The summed E-state index contributed by atoms with van der Waals surface area (Å²) in [6.07, 6.45) is 4.91. The van der Waals surface area contributed by atoms with E-state index in [0.717, 1.165) is 31.8 Å². The molecule has 3 rings (SSSR count). The van der Waals surface area contributed by atoms with Gasteiger partial charge in [-0.05, 0) is 84.7 Å². The molecule has 2 fully saturated rings. The van der Waals surface area contributed by atoms with Gasteiger partial charge in [-0.3, -0.25) is 0 Å². The minimum Gasteiger partial charge on any atom is -0.300 e. The van der Waals surface area contributed by atoms with Crippen LogP contribution in [0.4, 0.5) is 8.78 Å². The fourth-order valence-electron chi connectivity index (χ4n) is 3.43. The first-order chi connectivity index (χ1) is 11.0. The van der Waals surface area contributed by atoms with Crippen molar-refractivity contribution in [3.05, 3.63) is 28.2 Å². The second kappa shape index (κ2) is 7.81. The van der Waals surface area contributed by atoms with E-state index >= 15 is 0 Å². The molecule has 0 amide bonds. The zero-order valence-corrected chi connectivity index (χ0v) is 15.8. The third kappa shape index (κ3) is 4.47. The molecular formula is C17H23BrF2N2S. The zero-order valence-electron chi connectivity index (χ0n) is 13.4. The molecule has 1 aromatic rings. The quantitative estimate of drug-likeness (QED) is 0.520. The number of rotatable bonds is 3. The van der Waals surface area contributed by atoms with Crippen LogP contribution >= 0.6 is 27.9 Å². The fraction of sp³-hybridized carbons (Fsp3) is 0.647. The van der Waals surface area contributed by atoms with Gasteiger partial charge in [0.15, 0.2) is 0 Å². The molecule has 23 heavy (non-hydrogen) atoms. The molecule has 0 radical (unpaired) electrons. The molecule has 0 N–H and O–H groups in total. The Morgan fingerprint density at radius 2 is 1.57 bits per heavy atom. The minimum absolute atomic E-state index is 0.0834. The molecule has 0 spiro atoms. The lowest BCUT2D eigenvalue weighted by Crippen LogP contribution is -2.46. The molecule has 0 atom stereocenters. The van der Waals surface area contributed by atoms with E-state index in [1.165, 1.54) is 50.0 Å². The molecule has 2 aliphatic rings. The Bertz CT molecular complexity index is 518. The second-order valence-electron chi connectivity index (χ2n) is 6.67. The summed E-state index contributed by atoms with van der Waals surface area (Å²) in [4.78, 5) is 3.27. The standard InChI is InChI=1S/C17H23BrF2N2S/c1-12-2-6-21(7-3-12)13-4-8-22(9-5-13)23-14-10-15(19)17(18)16(20)11-14/h10-13H,2-9H2,1H3. The van der Waals surface area contributed by atoms with E-state index < -0.39 is 11.6 Å². The predicted molar refractivity (Wildman–Crippen MR) is 94.5 cm³/mol. The van der Waals surface area contributed by atoms with E-state index in [9.17, 15) is 8.78 Å². The Morgan fingerprint density at radius 1 is 1.00 bits per heavy atom. The number of benzene rings is 1. The van der Waals surface area contributed by atoms with Crippen molar-refractivity contribution in [3.8, 4) is 0 Å². The number of nitrogens with zero attached hydrogens (tertiary/aromatic N) is 2. The molecule has 2 saturated heterocycles. The van der Waals surface area contributed by atoms with E-state index in [1.807, 2.05) is 0 Å². The molecule has 0 saturated carbocycles. The van der Waals surface area contributed by atoms with E-state index in [-0.39, 0.29) is 4.47 Å². The second-order valence-corrected chi connectivity index (χ2v) is 8.63. The van der Waals surface area contributed by atoms with Gasteiger partial charge in [-0.1, -0.05) is 6.92 Å². The highest BCUT2D eigenvalue weighted by molar-refractivity contribution is 9.10. The summed E-state index contributed by atoms with van der Waals surface area (Å²) in [5.41, 5.74) is 0. The van der Waals surface area contributed by atoms with Gasteiger partial charge >= 0.3 is 0 Å². The van der Waals surface area contributed by atoms with Gasteiger partial charge < -0.3 is 4.90 Å². The van der Waals surface area contributed by atoms with Gasteiger partial charge in [0.05, 0.1) is 4.47 Å². The van der Waals surface area contributed by atoms with Crippen LogP contribution in [0.1, 0.15) is 32.6 Å². The van der Waals surface area contributed by atoms with Crippen molar-refractivity contribution < 1.29 is 8.78 Å². The number of hydrogen-bond donors (Lipinski definition) is 0. The number of hydrogen-bond acceptors (Lipinski definition) is 3. The number of piperidine rings is 2. The van der Waals surface area contributed by atoms with Crippen LogP contribution in [0.25, 0.3) is 0 Å². The van der Waals surface area contributed by atoms with Crippen LogP contribution in [0.5, 0.6) is 0 Å². The summed E-state index contributed by atoms with van der Waals surface area (Å²) >= 11 is 4.38. The van der Waals surface area contributed by atoms with Gasteiger partial charge in [-0.2, -0.15) is 0 Å². The third-order valence-corrected chi connectivity index (χ3v) is 6.78. The molecule has 128 valence electrons. The lowest BCUT2D eigenvalue weighted by atomic mass is 9.95. The monoisotopic (exact) mass is 404 g/mol. The van der Waals surface area contributed by atoms with Crippen LogP contribution in [0.3, 0.4) is 0 Å². The molecular weight excluding hydrogens is 382 g/mol. The number of halogens is 3. The molecule has 6 heteroatoms. The smallest absolute Gasteiger partial charge is 0.141 e. The molecule has 0 aromatic heterocycles. The van der Waals surface area contributed by atoms with Gasteiger partial charge in [0.2, 0.25) is 0 Å². The van der Waals surface area contributed by atoms with Crippen molar-refractivity contribution in [2.45, 2.75) is 43.5 Å². The Morgan fingerprint density at radius 3 is 2.13 bits per heavy atom. The summed E-state index contributed by atoms with van der Waals surface area (Å²) < 4.78 is 29.4. The molecule has 1 aromatic carbocycles. The molecule has 2 heterocycles. The summed E-state index contributed by atoms with van der Waals surface area (Å²) in [6.45, 7) is 6.73. The number of likely N-dealkylation sites (tertiary alicyclic amines) is 1. The highest BCUT2D eigenvalue weighted by Gasteiger charge is 2.27. The van der Waals surface area contributed by atoms with Crippen LogP contribution in [0, 0.1) is 17.6 Å². The summed E-state index contributed by atoms with van der Waals surface area (Å²) in [6, 6.07) is 3.48. The molecule has 2 aliphatic heterocycles. The summed E-state index contributed by atoms with van der Waals surface area (Å²) in [5.74, 6) is -0.210. The highest BCUT2D eigenvalue weighted by Crippen LogP contribution is 2.32. The Hall–Kier alpha value is -0.170. The first kappa shape index (κ1) is 17.6. The van der Waals surface area contributed by atoms with Gasteiger partial charge in [0.1, 0.15) is 11.6 Å². The average molecular weight is 405 g/mol. The molecule has 0 bridgehead atoms. The van der Waals surface area contributed by atoms with E-state index in [2.05, 4.69) is 32.1 Å². The SMILES string of the molecule is CC1CCN(C2CCN(Sc3cc(F)c(Br)c(F)c3)CC2)CC1. The fourth-order valence-corrected chi connectivity index (χ4v) is 4.66. The van der Waals surface area contributed by atoms with Crippen LogP contribution in [-0.4, -0.2) is 41.4 Å². The van der Waals surface area contributed by atoms with Crippen LogP contribution in [-0.2, 0) is 0 Å². The third-order valence-electron chi connectivity index (χ3n) is 4.95. The highest BCUT2D eigenvalue weighted by atomic mass is 79.9. The van der Waals surface area contributed by atoms with Crippen molar-refractivity contribution >= 4 is 27.9 Å². The predicted octanol–water partition coefficient (Wildman–Crippen LogP) is 4.93. The largest absolute Gasteiger partial charge is 0.300 e. The van der Waals surface area contributed by atoms with Crippen LogP contribution < -0.4 is 0 Å². The maximum absolute atomic E-state index is 13.6. The van der Waals surface area contributed by atoms with Gasteiger partial charge in [-0.15, -0.1) is 0 Å². The van der Waals surface area contributed by atoms with E-state index in [0.29, 0.717) is 10.9 Å². The van der Waals surface area contributed by atoms with Gasteiger partial charge in [0.25, 0.3) is 0 Å². The van der Waals surface area contributed by atoms with Gasteiger partial charge in [-0.25, -0.2) is 13.1 Å². The van der Waals surface area contributed by atoms with Crippen LogP contribution in [0.15, 0.2) is 21.5 Å². The molecule has 0 aliphatic carbocycles. The average Bonchev–Trinajstić information content (AvgIpc) is 2.54. The van der Waals surface area contributed by atoms with Gasteiger partial charge in [0, 0.05) is 24.0 Å². The lowest BCUT2D eigenvalue weighted by Gasteiger charge is -2.41. The van der Waals surface area contributed by atoms with Crippen molar-refractivity contribution in [2.24, 2.45) is 5.92 Å². The Labute approximate surface area is 149 Å². The lowest BCUT2D eigenvalue weighted by molar-refractivity contribution is 0.103. The molecule has 0 unspecified atom stereocenters. The maximum atomic E-state index is 13.6. The summed E-state index contributed by atoms with van der Waals surface area (Å²) in [5, 5.41) is 0. The first-order valence-corrected chi connectivity index (χ1v) is 9.91. The summed E-state index contributed by atoms with van der Waals surface area (Å²) in [7, 11) is 0. The van der Waals surface area contributed by atoms with Crippen molar-refractivity contribution in [1.82, 2.24) is 9.21 Å². The van der Waals surface area contributed by atoms with Crippen molar-refractivity contribution in [1.29, 1.82) is 0 Å². The van der Waals surface area contributed by atoms with E-state index in [1.54, 1.807) is 0 Å².